The molecular weight excluding hydrogens is 334 g/mol. The number of alkyl halides is 2. The molecule has 0 radical (unpaired) electrons. The predicted molar refractivity (Wildman–Crippen MR) is 87.2 cm³/mol. The molecule has 0 saturated heterocycles. The van der Waals surface area contributed by atoms with Crippen molar-refractivity contribution in [2.24, 2.45) is 0 Å². The largest absolute Gasteiger partial charge is 0.263 e. The summed E-state index contributed by atoms with van der Waals surface area (Å²) in [5, 5.41) is 0. The lowest BCUT2D eigenvalue weighted by molar-refractivity contribution is 0.151. The Hall–Kier alpha value is -1.86. The number of benzene rings is 1. The summed E-state index contributed by atoms with van der Waals surface area (Å²) in [5.74, 6) is -0.227. The Balaban J connectivity index is 1.62. The molecule has 1 heterocycles. The summed E-state index contributed by atoms with van der Waals surface area (Å²) >= 11 is 0. The van der Waals surface area contributed by atoms with Crippen LogP contribution in [0.25, 0.3) is 0 Å². The molecule has 128 valence electrons. The van der Waals surface area contributed by atoms with Gasteiger partial charge in [-0.1, -0.05) is 30.3 Å². The molecule has 0 spiro atoms. The zero-order valence-corrected chi connectivity index (χ0v) is 13.8. The van der Waals surface area contributed by atoms with Gasteiger partial charge < -0.3 is 0 Å². The molecule has 3 rings (SSSR count). The minimum Gasteiger partial charge on any atom is -0.261 e. The Morgan fingerprint density at radius 3 is 2.38 bits per heavy atom. The van der Waals surface area contributed by atoms with Crippen LogP contribution in [0.1, 0.15) is 36.1 Å². The lowest BCUT2D eigenvalue weighted by atomic mass is 10.0. The molecule has 0 atom stereocenters. The zero-order valence-electron chi connectivity index (χ0n) is 13.0. The maximum Gasteiger partial charge on any atom is 0.263 e. The van der Waals surface area contributed by atoms with Gasteiger partial charge in [0.15, 0.2) is 0 Å². The van der Waals surface area contributed by atoms with E-state index in [1.165, 1.54) is 24.3 Å². The number of aromatic nitrogens is 1. The summed E-state index contributed by atoms with van der Waals surface area (Å²) < 4.78 is 52.2. The van der Waals surface area contributed by atoms with Crippen LogP contribution in [-0.4, -0.2) is 19.9 Å². The van der Waals surface area contributed by atoms with E-state index in [0.29, 0.717) is 12.1 Å². The van der Waals surface area contributed by atoms with Crippen LogP contribution in [0.5, 0.6) is 0 Å². The smallest absolute Gasteiger partial charge is 0.261 e. The topological polar surface area (TPSA) is 59.1 Å². The molecule has 1 aromatic carbocycles. The standard InChI is InChI=1S/C17H18F2N2O2S/c18-16(19)14-6-4-13(5-7-14)11-24(22,23)21-12-17(8-9-17)15-3-1-2-10-20-15/h1-7,10,16,21H,8-9,11-12H2. The highest BCUT2D eigenvalue weighted by Crippen LogP contribution is 2.46. The van der Waals surface area contributed by atoms with Crippen LogP contribution in [0.2, 0.25) is 0 Å². The summed E-state index contributed by atoms with van der Waals surface area (Å²) in [6.07, 6.45) is 0.946. The van der Waals surface area contributed by atoms with Crippen LogP contribution in [0.15, 0.2) is 48.7 Å². The third-order valence-electron chi connectivity index (χ3n) is 4.28. The van der Waals surface area contributed by atoms with Crippen molar-refractivity contribution in [3.8, 4) is 0 Å². The fraction of sp³-hybridized carbons (Fsp3) is 0.353. The lowest BCUT2D eigenvalue weighted by Gasteiger charge is -2.15. The van der Waals surface area contributed by atoms with Gasteiger partial charge in [-0.3, -0.25) is 4.98 Å². The number of sulfonamides is 1. The third-order valence-corrected chi connectivity index (χ3v) is 5.58. The highest BCUT2D eigenvalue weighted by Gasteiger charge is 2.45. The second-order valence-corrected chi connectivity index (χ2v) is 7.92. The van der Waals surface area contributed by atoms with Gasteiger partial charge in [0.05, 0.1) is 5.75 Å². The zero-order chi connectivity index (χ0) is 17.2. The molecule has 1 N–H and O–H groups in total. The molecule has 24 heavy (non-hydrogen) atoms. The first kappa shape index (κ1) is 17.0. The predicted octanol–water partition coefficient (Wildman–Crippen LogP) is 3.17. The van der Waals surface area contributed by atoms with Crippen LogP contribution in [0.3, 0.4) is 0 Å². The minimum absolute atomic E-state index is 0.115. The van der Waals surface area contributed by atoms with E-state index in [-0.39, 0.29) is 16.7 Å². The van der Waals surface area contributed by atoms with E-state index >= 15 is 0 Å². The highest BCUT2D eigenvalue weighted by atomic mass is 32.2. The number of halogens is 2. The Morgan fingerprint density at radius 1 is 1.12 bits per heavy atom. The van der Waals surface area contributed by atoms with Crippen molar-refractivity contribution in [2.45, 2.75) is 30.4 Å². The van der Waals surface area contributed by atoms with Gasteiger partial charge in [-0.25, -0.2) is 21.9 Å². The molecule has 1 aliphatic carbocycles. The van der Waals surface area contributed by atoms with Gasteiger partial charge in [0.2, 0.25) is 10.0 Å². The maximum absolute atomic E-state index is 12.5. The van der Waals surface area contributed by atoms with E-state index in [1.54, 1.807) is 6.20 Å². The Labute approximate surface area is 140 Å². The molecule has 4 nitrogen and oxygen atoms in total. The number of hydrogen-bond donors (Lipinski definition) is 1. The van der Waals surface area contributed by atoms with Crippen molar-refractivity contribution in [3.63, 3.8) is 0 Å². The summed E-state index contributed by atoms with van der Waals surface area (Å²) in [7, 11) is -3.53. The average Bonchev–Trinajstić information content (AvgIpc) is 3.35. The van der Waals surface area contributed by atoms with Gasteiger partial charge in [0.25, 0.3) is 6.43 Å². The molecule has 0 unspecified atom stereocenters. The van der Waals surface area contributed by atoms with Crippen molar-refractivity contribution in [1.29, 1.82) is 0 Å². The molecule has 0 aliphatic heterocycles. The van der Waals surface area contributed by atoms with Crippen molar-refractivity contribution in [3.05, 3.63) is 65.5 Å². The molecule has 1 aliphatic rings. The first-order valence-electron chi connectivity index (χ1n) is 7.66. The molecule has 7 heteroatoms. The summed E-state index contributed by atoms with van der Waals surface area (Å²) in [6.45, 7) is 0.307. The molecule has 0 amide bonds. The van der Waals surface area contributed by atoms with E-state index in [2.05, 4.69) is 9.71 Å². The monoisotopic (exact) mass is 352 g/mol. The van der Waals surface area contributed by atoms with Crippen molar-refractivity contribution in [2.75, 3.05) is 6.54 Å². The maximum atomic E-state index is 12.5. The summed E-state index contributed by atoms with van der Waals surface area (Å²) in [5.41, 5.74) is 1.05. The molecule has 0 bridgehead atoms. The first-order valence-corrected chi connectivity index (χ1v) is 9.31. The fourth-order valence-electron chi connectivity index (χ4n) is 2.63. The van der Waals surface area contributed by atoms with Crippen LogP contribution in [-0.2, 0) is 21.2 Å². The van der Waals surface area contributed by atoms with Gasteiger partial charge in [-0.15, -0.1) is 0 Å². The van der Waals surface area contributed by atoms with Gasteiger partial charge in [0.1, 0.15) is 0 Å². The van der Waals surface area contributed by atoms with Crippen molar-refractivity contribution in [1.82, 2.24) is 9.71 Å². The number of hydrogen-bond acceptors (Lipinski definition) is 3. The van der Waals surface area contributed by atoms with E-state index in [0.717, 1.165) is 18.5 Å². The molecule has 1 fully saturated rings. The van der Waals surface area contributed by atoms with Gasteiger partial charge in [-0.05, 0) is 30.5 Å². The van der Waals surface area contributed by atoms with Gasteiger partial charge in [-0.2, -0.15) is 0 Å². The van der Waals surface area contributed by atoms with Gasteiger partial charge >= 0.3 is 0 Å². The Kier molecular flexibility index (Phi) is 4.64. The second-order valence-electron chi connectivity index (χ2n) is 6.12. The van der Waals surface area contributed by atoms with Crippen molar-refractivity contribution >= 4 is 10.0 Å². The fourth-order valence-corrected chi connectivity index (χ4v) is 3.86. The first-order chi connectivity index (χ1) is 11.4. The minimum atomic E-state index is -3.53. The number of pyridine rings is 1. The number of nitrogens with zero attached hydrogens (tertiary/aromatic N) is 1. The average molecular weight is 352 g/mol. The normalized spacial score (nSPS) is 16.3. The van der Waals surface area contributed by atoms with Crippen molar-refractivity contribution < 1.29 is 17.2 Å². The van der Waals surface area contributed by atoms with E-state index in [9.17, 15) is 17.2 Å². The number of nitrogens with one attached hydrogen (secondary N) is 1. The molecular formula is C17H18F2N2O2S. The lowest BCUT2D eigenvalue weighted by Crippen LogP contribution is -2.33. The summed E-state index contributed by atoms with van der Waals surface area (Å²) in [6, 6.07) is 11.0. The van der Waals surface area contributed by atoms with E-state index < -0.39 is 16.4 Å². The van der Waals surface area contributed by atoms with Crippen LogP contribution < -0.4 is 4.72 Å². The van der Waals surface area contributed by atoms with Gasteiger partial charge in [0, 0.05) is 29.4 Å². The molecule has 1 saturated carbocycles. The second kappa shape index (κ2) is 6.57. The Bertz CT molecular complexity index is 789. The third kappa shape index (κ3) is 3.96. The van der Waals surface area contributed by atoms with Crippen LogP contribution in [0.4, 0.5) is 8.78 Å². The Morgan fingerprint density at radius 2 is 1.83 bits per heavy atom. The summed E-state index contributed by atoms with van der Waals surface area (Å²) in [4.78, 5) is 4.32. The molecule has 1 aromatic heterocycles. The molecule has 2 aromatic rings. The van der Waals surface area contributed by atoms with E-state index in [1.807, 2.05) is 18.2 Å². The number of rotatable bonds is 7. The highest BCUT2D eigenvalue weighted by molar-refractivity contribution is 7.88. The van der Waals surface area contributed by atoms with Crippen LogP contribution >= 0.6 is 0 Å². The van der Waals surface area contributed by atoms with E-state index in [4.69, 9.17) is 0 Å². The van der Waals surface area contributed by atoms with Crippen LogP contribution in [0, 0.1) is 0 Å². The quantitative estimate of drug-likeness (QED) is 0.833. The SMILES string of the molecule is O=S(=O)(Cc1ccc(C(F)F)cc1)NCC1(c2ccccn2)CC1.